The van der Waals surface area contributed by atoms with Crippen LogP contribution in [-0.4, -0.2) is 115 Å². The molecule has 2 aliphatic heterocycles. The van der Waals surface area contributed by atoms with Crippen LogP contribution >= 0.6 is 11.6 Å². The lowest BCUT2D eigenvalue weighted by Crippen LogP contribution is -2.36. The summed E-state index contributed by atoms with van der Waals surface area (Å²) in [6, 6.07) is 15.5. The van der Waals surface area contributed by atoms with E-state index in [0.29, 0.717) is 18.1 Å². The maximum atomic E-state index is 13.6. The van der Waals surface area contributed by atoms with Gasteiger partial charge in [0.05, 0.1) is 13.2 Å². The van der Waals surface area contributed by atoms with Gasteiger partial charge in [-0.15, -0.1) is 30.4 Å². The normalized spacial score (nSPS) is 19.8. The lowest BCUT2D eigenvalue weighted by molar-refractivity contribution is -0.798. The summed E-state index contributed by atoms with van der Waals surface area (Å²) in [7, 11) is 0. The molecule has 6 rings (SSSR count). The average molecular weight is 859 g/mol. The Morgan fingerprint density at radius 3 is 2.35 bits per heavy atom. The second kappa shape index (κ2) is 20.3. The fourth-order valence-corrected chi connectivity index (χ4v) is 7.21. The maximum Gasteiger partial charge on any atom is 0.511 e. The lowest BCUT2D eigenvalue weighted by atomic mass is 9.98. The van der Waals surface area contributed by atoms with Gasteiger partial charge in [0.2, 0.25) is 12.1 Å². The van der Waals surface area contributed by atoms with Gasteiger partial charge in [0.1, 0.15) is 36.3 Å². The Kier molecular flexibility index (Phi) is 14.8. The van der Waals surface area contributed by atoms with E-state index in [0.717, 1.165) is 35.1 Å². The molecule has 7 atom stereocenters. The van der Waals surface area contributed by atoms with Gasteiger partial charge in [-0.1, -0.05) is 73.5 Å². The molecule has 2 aliphatic rings. The molecule has 23 heteroatoms. The topological polar surface area (TPSA) is 267 Å². The standard InChI is InChI=1S/C37H43ClN8O14/c1-4-5-12-30-39-34(38)31(44(30)18-23-13-15-24(16-14-23)25-9-6-7-10-26(25)35-40-42-43-41-35)36(47)56-22(3)57-37(48)58-29-20-55-32-28(19-54-33(29)32)53-17-8-11-27(60-46(51)52)21(2)59-45(49)50/h6-7,9-10,13-16,21-22,27-29,32-33H,4-5,8,11-12,17-20H2,1-3H3,(H,40,41,42,43)/t21-,22?,27-,28+,29+,32?,33?/m1/s1. The first-order chi connectivity index (χ1) is 28.9. The first-order valence-corrected chi connectivity index (χ1v) is 19.5. The number of aryl methyl sites for hydroxylation is 1. The molecule has 2 saturated heterocycles. The summed E-state index contributed by atoms with van der Waals surface area (Å²) < 4.78 is 35.4. The Bertz CT molecular complexity index is 2090. The zero-order valence-electron chi connectivity index (χ0n) is 32.7. The first kappa shape index (κ1) is 43.6. The number of unbranched alkanes of at least 4 members (excludes halogenated alkanes) is 1. The lowest BCUT2D eigenvalue weighted by Gasteiger charge is -2.21. The first-order valence-electron chi connectivity index (χ1n) is 19.1. The fourth-order valence-electron chi connectivity index (χ4n) is 6.93. The van der Waals surface area contributed by atoms with Crippen molar-refractivity contribution in [3.05, 3.63) is 91.0 Å². The number of fused-ring (bicyclic) bond motifs is 1. The Hall–Kier alpha value is -5.97. The van der Waals surface area contributed by atoms with E-state index in [1.807, 2.05) is 55.5 Å². The minimum absolute atomic E-state index is 0.00390. The number of rotatable bonds is 21. The van der Waals surface area contributed by atoms with Gasteiger partial charge in [-0.05, 0) is 48.1 Å². The molecule has 60 heavy (non-hydrogen) atoms. The van der Waals surface area contributed by atoms with Gasteiger partial charge in [0.25, 0.3) is 10.2 Å². The number of nitrogens with zero attached hydrogens (tertiary/aromatic N) is 7. The molecule has 0 aliphatic carbocycles. The quantitative estimate of drug-likeness (QED) is 0.0382. The molecule has 0 saturated carbocycles. The summed E-state index contributed by atoms with van der Waals surface area (Å²) in [6.45, 7) is 5.08. The summed E-state index contributed by atoms with van der Waals surface area (Å²) in [5.41, 5.74) is 3.49. The third-order valence-electron chi connectivity index (χ3n) is 9.78. The minimum Gasteiger partial charge on any atom is -0.426 e. The molecule has 4 heterocycles. The van der Waals surface area contributed by atoms with Crippen LogP contribution in [0.3, 0.4) is 0 Å². The van der Waals surface area contributed by atoms with Crippen molar-refractivity contribution in [1.29, 1.82) is 0 Å². The SMILES string of the molecule is CCCCc1nc(Cl)c(C(=O)OC(C)OC(=O)O[C@H]2COC3C2OC[C@@H]3OCCC[C@@H](O[N+](=O)[O-])[C@@H](C)O[N+](=O)[O-])n1Cc1ccc(-c2ccccc2-c2nn[nH]n2)cc1. The molecule has 1 N–H and O–H groups in total. The zero-order valence-corrected chi connectivity index (χ0v) is 33.5. The molecular formula is C37H43ClN8O14. The number of hydrogen-bond acceptors (Lipinski definition) is 18. The van der Waals surface area contributed by atoms with Crippen molar-refractivity contribution in [1.82, 2.24) is 30.2 Å². The van der Waals surface area contributed by atoms with E-state index in [2.05, 4.69) is 35.3 Å². The Labute approximate surface area is 346 Å². The third kappa shape index (κ3) is 11.0. The van der Waals surface area contributed by atoms with Crippen molar-refractivity contribution in [2.45, 2.75) is 102 Å². The second-order valence-electron chi connectivity index (χ2n) is 13.9. The summed E-state index contributed by atoms with van der Waals surface area (Å²) in [4.78, 5) is 61.3. The monoisotopic (exact) mass is 858 g/mol. The van der Waals surface area contributed by atoms with Crippen LogP contribution in [0.5, 0.6) is 0 Å². The number of carbonyl (C=O) groups is 2. The molecule has 4 aromatic rings. The summed E-state index contributed by atoms with van der Waals surface area (Å²) >= 11 is 6.55. The van der Waals surface area contributed by atoms with E-state index in [9.17, 15) is 29.8 Å². The number of imidazole rings is 1. The number of aromatic amines is 1. The Morgan fingerprint density at radius 1 is 0.967 bits per heavy atom. The minimum atomic E-state index is -1.39. The van der Waals surface area contributed by atoms with Crippen LogP contribution in [0.4, 0.5) is 4.79 Å². The van der Waals surface area contributed by atoms with Gasteiger partial charge in [-0.2, -0.15) is 5.21 Å². The van der Waals surface area contributed by atoms with Crippen LogP contribution in [0, 0.1) is 20.2 Å². The van der Waals surface area contributed by atoms with Gasteiger partial charge in [0, 0.05) is 32.1 Å². The van der Waals surface area contributed by atoms with E-state index in [4.69, 9.17) is 40.0 Å². The van der Waals surface area contributed by atoms with E-state index in [-0.39, 0.29) is 50.1 Å². The van der Waals surface area contributed by atoms with Crippen molar-refractivity contribution < 1.29 is 57.9 Å². The van der Waals surface area contributed by atoms with Gasteiger partial charge in [0.15, 0.2) is 17.0 Å². The number of tetrazole rings is 1. The number of carbonyl (C=O) groups excluding carboxylic acids is 2. The van der Waals surface area contributed by atoms with Crippen LogP contribution in [0.25, 0.3) is 22.5 Å². The third-order valence-corrected chi connectivity index (χ3v) is 10.0. The highest BCUT2D eigenvalue weighted by molar-refractivity contribution is 6.32. The Balaban J connectivity index is 1.01. The number of halogens is 1. The molecule has 2 aromatic heterocycles. The van der Waals surface area contributed by atoms with E-state index >= 15 is 0 Å². The van der Waals surface area contributed by atoms with Crippen molar-refractivity contribution in [2.75, 3.05) is 19.8 Å². The van der Waals surface area contributed by atoms with E-state index < -0.39 is 65.2 Å². The molecule has 3 unspecified atom stereocenters. The van der Waals surface area contributed by atoms with Crippen LogP contribution < -0.4 is 0 Å². The molecule has 0 spiro atoms. The number of benzene rings is 2. The summed E-state index contributed by atoms with van der Waals surface area (Å²) in [5.74, 6) is 0.197. The highest BCUT2D eigenvalue weighted by Gasteiger charge is 2.50. The smallest absolute Gasteiger partial charge is 0.426 e. The second-order valence-corrected chi connectivity index (χ2v) is 14.2. The predicted molar refractivity (Wildman–Crippen MR) is 204 cm³/mol. The van der Waals surface area contributed by atoms with Gasteiger partial charge in [-0.25, -0.2) is 14.6 Å². The fraction of sp³-hybridized carbons (Fsp3) is 0.514. The van der Waals surface area contributed by atoms with Gasteiger partial charge < -0.3 is 42.7 Å². The molecule has 22 nitrogen and oxygen atoms in total. The van der Waals surface area contributed by atoms with Crippen LogP contribution in [0.15, 0.2) is 48.5 Å². The van der Waals surface area contributed by atoms with Crippen LogP contribution in [0.2, 0.25) is 5.15 Å². The van der Waals surface area contributed by atoms with Crippen molar-refractivity contribution >= 4 is 23.7 Å². The van der Waals surface area contributed by atoms with Gasteiger partial charge >= 0.3 is 12.1 Å². The molecule has 0 amide bonds. The largest absolute Gasteiger partial charge is 0.511 e. The summed E-state index contributed by atoms with van der Waals surface area (Å²) in [5, 5.41) is 33.7. The van der Waals surface area contributed by atoms with Crippen molar-refractivity contribution in [3.8, 4) is 22.5 Å². The zero-order chi connectivity index (χ0) is 42.8. The van der Waals surface area contributed by atoms with Crippen LogP contribution in [0.1, 0.15) is 68.3 Å². The number of ether oxygens (including phenoxy) is 6. The highest BCUT2D eigenvalue weighted by Crippen LogP contribution is 2.32. The van der Waals surface area contributed by atoms with Crippen molar-refractivity contribution in [2.24, 2.45) is 0 Å². The van der Waals surface area contributed by atoms with Gasteiger partial charge in [-0.3, -0.25) is 0 Å². The molecular weight excluding hydrogens is 816 g/mol. The molecule has 322 valence electrons. The predicted octanol–water partition coefficient (Wildman–Crippen LogP) is 4.94. The number of H-pyrrole nitrogens is 1. The molecule has 2 fully saturated rings. The van der Waals surface area contributed by atoms with Crippen LogP contribution in [-0.2, 0) is 51.1 Å². The Morgan fingerprint density at radius 2 is 1.67 bits per heavy atom. The molecule has 2 aromatic carbocycles. The van der Waals surface area contributed by atoms with E-state index in [1.54, 1.807) is 4.57 Å². The van der Waals surface area contributed by atoms with Crippen molar-refractivity contribution in [3.63, 3.8) is 0 Å². The molecule has 0 radical (unpaired) electrons. The maximum absolute atomic E-state index is 13.6. The highest BCUT2D eigenvalue weighted by atomic mass is 35.5. The average Bonchev–Trinajstić information content (AvgIpc) is 4.02. The molecule has 0 bridgehead atoms. The summed E-state index contributed by atoms with van der Waals surface area (Å²) in [6.07, 6.45) is -5.12. The number of esters is 1. The number of aromatic nitrogens is 6. The number of nitrogens with one attached hydrogen (secondary N) is 1. The number of hydrogen-bond donors (Lipinski definition) is 1. The van der Waals surface area contributed by atoms with E-state index in [1.165, 1.54) is 13.8 Å².